The van der Waals surface area contributed by atoms with E-state index in [1.807, 2.05) is 22.7 Å². The van der Waals surface area contributed by atoms with E-state index in [0.29, 0.717) is 0 Å². The molecule has 0 aliphatic rings. The zero-order valence-corrected chi connectivity index (χ0v) is 30.8. The molecule has 0 aliphatic heterocycles. The summed E-state index contributed by atoms with van der Waals surface area (Å²) in [6.07, 6.45) is 0. The van der Waals surface area contributed by atoms with Crippen molar-refractivity contribution in [3.63, 3.8) is 0 Å². The van der Waals surface area contributed by atoms with Gasteiger partial charge in [0.15, 0.2) is 0 Å². The third-order valence-corrected chi connectivity index (χ3v) is 13.7. The predicted octanol–water partition coefficient (Wildman–Crippen LogP) is 16.0. The maximum atomic E-state index is 2.45. The highest BCUT2D eigenvalue weighted by molar-refractivity contribution is 7.27. The molecule has 0 unspecified atom stereocenters. The Hall–Kier alpha value is -6.32. The summed E-state index contributed by atoms with van der Waals surface area (Å²) in [7, 11) is 0. The minimum atomic E-state index is 1.25. The van der Waals surface area contributed by atoms with Crippen molar-refractivity contribution in [2.24, 2.45) is 0 Å². The van der Waals surface area contributed by atoms with Gasteiger partial charge < -0.3 is 0 Å². The number of benzene rings is 10. The van der Waals surface area contributed by atoms with Crippen LogP contribution in [0.3, 0.4) is 0 Å². The third kappa shape index (κ3) is 4.36. The molecule has 0 radical (unpaired) electrons. The summed E-state index contributed by atoms with van der Waals surface area (Å²) in [6, 6.07) is 67.8. The smallest absolute Gasteiger partial charge is 0.0362 e. The Morgan fingerprint density at radius 2 is 0.796 bits per heavy atom. The molecule has 0 nitrogen and oxygen atoms in total. The fourth-order valence-electron chi connectivity index (χ4n) is 9.09. The van der Waals surface area contributed by atoms with E-state index < -0.39 is 0 Å². The van der Waals surface area contributed by atoms with Crippen molar-refractivity contribution >= 4 is 106 Å². The van der Waals surface area contributed by atoms with E-state index in [1.54, 1.807) is 0 Å². The van der Waals surface area contributed by atoms with Crippen molar-refractivity contribution in [3.8, 4) is 33.4 Å². The molecule has 2 heteroatoms. The van der Waals surface area contributed by atoms with Gasteiger partial charge in [0, 0.05) is 40.3 Å². The Bertz CT molecular complexity index is 3430. The van der Waals surface area contributed by atoms with Crippen molar-refractivity contribution in [2.45, 2.75) is 0 Å². The number of fused-ring (bicyclic) bond motifs is 11. The van der Waals surface area contributed by atoms with Crippen LogP contribution >= 0.6 is 22.7 Å². The molecule has 0 N–H and O–H groups in total. The van der Waals surface area contributed by atoms with Crippen molar-refractivity contribution in [2.75, 3.05) is 0 Å². The van der Waals surface area contributed by atoms with Gasteiger partial charge in [-0.2, -0.15) is 0 Å². The van der Waals surface area contributed by atoms with Crippen LogP contribution in [-0.2, 0) is 0 Å². The van der Waals surface area contributed by atoms with E-state index >= 15 is 0 Å². The van der Waals surface area contributed by atoms with E-state index in [9.17, 15) is 0 Å². The first-order valence-electron chi connectivity index (χ1n) is 18.5. The molecule has 54 heavy (non-hydrogen) atoms. The van der Waals surface area contributed by atoms with Gasteiger partial charge in [-0.1, -0.05) is 158 Å². The minimum absolute atomic E-state index is 1.25. The fourth-order valence-corrected chi connectivity index (χ4v) is 11.4. The van der Waals surface area contributed by atoms with Crippen molar-refractivity contribution < 1.29 is 0 Å². The highest BCUT2D eigenvalue weighted by atomic mass is 32.1. The molecule has 12 rings (SSSR count). The third-order valence-electron chi connectivity index (χ3n) is 11.5. The molecule has 0 bridgehead atoms. The predicted molar refractivity (Wildman–Crippen MR) is 239 cm³/mol. The zero-order chi connectivity index (χ0) is 35.3. The lowest BCUT2D eigenvalue weighted by atomic mass is 9.84. The first-order valence-corrected chi connectivity index (χ1v) is 20.1. The van der Waals surface area contributed by atoms with Crippen LogP contribution in [-0.4, -0.2) is 0 Å². The summed E-state index contributed by atoms with van der Waals surface area (Å²) in [5, 5.41) is 15.7. The van der Waals surface area contributed by atoms with Crippen LogP contribution in [0.15, 0.2) is 182 Å². The van der Waals surface area contributed by atoms with Gasteiger partial charge in [0.2, 0.25) is 0 Å². The second-order valence-electron chi connectivity index (χ2n) is 14.3. The first kappa shape index (κ1) is 30.2. The van der Waals surface area contributed by atoms with Gasteiger partial charge in [-0.3, -0.25) is 0 Å². The molecular weight excluding hydrogens is 689 g/mol. The second kappa shape index (κ2) is 11.6. The topological polar surface area (TPSA) is 0 Å². The van der Waals surface area contributed by atoms with Gasteiger partial charge in [0.25, 0.3) is 0 Å². The monoisotopic (exact) mass is 718 g/mol. The lowest BCUT2D eigenvalue weighted by Gasteiger charge is -2.19. The highest BCUT2D eigenvalue weighted by Gasteiger charge is 2.19. The molecule has 0 spiro atoms. The van der Waals surface area contributed by atoms with E-state index in [1.165, 1.54) is 117 Å². The Morgan fingerprint density at radius 3 is 1.54 bits per heavy atom. The quantitative estimate of drug-likeness (QED) is 0.160. The summed E-state index contributed by atoms with van der Waals surface area (Å²) in [5.41, 5.74) is 7.62. The van der Waals surface area contributed by atoms with Gasteiger partial charge in [0.05, 0.1) is 0 Å². The van der Waals surface area contributed by atoms with Gasteiger partial charge in [-0.05, 0) is 101 Å². The molecule has 0 saturated carbocycles. The van der Waals surface area contributed by atoms with Crippen LogP contribution in [0.1, 0.15) is 0 Å². The number of rotatable bonds is 3. The highest BCUT2D eigenvalue weighted by Crippen LogP contribution is 2.48. The van der Waals surface area contributed by atoms with Gasteiger partial charge >= 0.3 is 0 Å². The molecule has 12 aromatic rings. The van der Waals surface area contributed by atoms with Crippen LogP contribution in [0.2, 0.25) is 0 Å². The summed E-state index contributed by atoms with van der Waals surface area (Å²) in [4.78, 5) is 0. The molecule has 0 saturated heterocycles. The largest absolute Gasteiger partial charge is 0.135 e. The van der Waals surface area contributed by atoms with E-state index in [2.05, 4.69) is 182 Å². The zero-order valence-electron chi connectivity index (χ0n) is 29.1. The molecule has 250 valence electrons. The molecular formula is C52H30S2. The Balaban J connectivity index is 1.06. The number of thiophene rings is 2. The van der Waals surface area contributed by atoms with Crippen LogP contribution in [0.4, 0.5) is 0 Å². The lowest BCUT2D eigenvalue weighted by Crippen LogP contribution is -1.92. The van der Waals surface area contributed by atoms with Crippen LogP contribution in [0.25, 0.3) is 117 Å². The molecule has 10 aromatic carbocycles. The van der Waals surface area contributed by atoms with Crippen molar-refractivity contribution in [1.29, 1.82) is 0 Å². The SMILES string of the molecule is c1ccc(-c2c3ccccc3c(-c3ccc(-c4ccc5c(c4)sc4cc6c(cc45)sc4ccc5ccccc5c46)c4ccccc34)c3ccccc23)cc1. The molecule has 0 amide bonds. The Kier molecular flexibility index (Phi) is 6.48. The van der Waals surface area contributed by atoms with E-state index in [0.717, 1.165) is 0 Å². The number of hydrogen-bond acceptors (Lipinski definition) is 2. The van der Waals surface area contributed by atoms with Crippen LogP contribution < -0.4 is 0 Å². The maximum Gasteiger partial charge on any atom is 0.0362 e. The Labute approximate surface area is 319 Å². The molecule has 0 atom stereocenters. The van der Waals surface area contributed by atoms with Gasteiger partial charge in [0.1, 0.15) is 0 Å². The van der Waals surface area contributed by atoms with Crippen LogP contribution in [0.5, 0.6) is 0 Å². The van der Waals surface area contributed by atoms with E-state index in [-0.39, 0.29) is 0 Å². The second-order valence-corrected chi connectivity index (χ2v) is 16.5. The Morgan fingerprint density at radius 1 is 0.259 bits per heavy atom. The average molecular weight is 719 g/mol. The van der Waals surface area contributed by atoms with E-state index in [4.69, 9.17) is 0 Å². The summed E-state index contributed by atoms with van der Waals surface area (Å²) in [6.45, 7) is 0. The number of hydrogen-bond donors (Lipinski definition) is 0. The van der Waals surface area contributed by atoms with Gasteiger partial charge in [-0.15, -0.1) is 22.7 Å². The summed E-state index contributed by atoms with van der Waals surface area (Å²) >= 11 is 3.82. The van der Waals surface area contributed by atoms with Crippen molar-refractivity contribution in [3.05, 3.63) is 182 Å². The normalized spacial score (nSPS) is 12.1. The fraction of sp³-hybridized carbons (Fsp3) is 0. The molecule has 2 heterocycles. The summed E-state index contributed by atoms with van der Waals surface area (Å²) in [5.74, 6) is 0. The maximum absolute atomic E-state index is 2.45. The standard InChI is InChI=1S/C52H30S2/c1-2-13-32(14-3-1)50-39-18-8-10-20-41(39)51(42-21-11-9-19-40(42)50)43-26-25-34(36-16-6-7-17-37(36)43)33-22-24-38-44-29-49-45(30-48(44)54-47(38)28-33)52-35-15-5-4-12-31(35)23-27-46(52)53-49/h1-30H. The summed E-state index contributed by atoms with van der Waals surface area (Å²) < 4.78 is 5.39. The first-order chi connectivity index (χ1) is 26.8. The average Bonchev–Trinajstić information content (AvgIpc) is 3.78. The molecule has 2 aromatic heterocycles. The molecule has 0 fully saturated rings. The van der Waals surface area contributed by atoms with Crippen LogP contribution in [0, 0.1) is 0 Å². The minimum Gasteiger partial charge on any atom is -0.135 e. The van der Waals surface area contributed by atoms with Crippen molar-refractivity contribution in [1.82, 2.24) is 0 Å². The lowest BCUT2D eigenvalue weighted by molar-refractivity contribution is 1.66. The van der Waals surface area contributed by atoms with Gasteiger partial charge in [-0.25, -0.2) is 0 Å². The molecule has 0 aliphatic carbocycles.